The lowest BCUT2D eigenvalue weighted by atomic mass is 9.97. The maximum Gasteiger partial charge on any atom is 0.263 e. The van der Waals surface area contributed by atoms with Crippen LogP contribution in [0, 0.1) is 0 Å². The number of aryl methyl sites for hydroxylation is 2. The van der Waals surface area contributed by atoms with Gasteiger partial charge >= 0.3 is 0 Å². The third kappa shape index (κ3) is 3.20. The molecular weight excluding hydrogens is 402 g/mol. The van der Waals surface area contributed by atoms with Gasteiger partial charge in [0.05, 0.1) is 11.1 Å². The van der Waals surface area contributed by atoms with Crippen molar-refractivity contribution in [1.82, 2.24) is 9.55 Å². The van der Waals surface area contributed by atoms with Crippen LogP contribution in [-0.2, 0) is 30.6 Å². The molecule has 0 saturated carbocycles. The lowest BCUT2D eigenvalue weighted by Crippen LogP contribution is -2.31. The van der Waals surface area contributed by atoms with E-state index in [2.05, 4.69) is 6.07 Å². The summed E-state index contributed by atoms with van der Waals surface area (Å²) >= 11 is 3.05. The van der Waals surface area contributed by atoms with E-state index >= 15 is 0 Å². The lowest BCUT2D eigenvalue weighted by Gasteiger charge is -2.17. The fraction of sp³-hybridized carbons (Fsp3) is 0.409. The molecule has 29 heavy (non-hydrogen) atoms. The molecule has 5 rings (SSSR count). The summed E-state index contributed by atoms with van der Waals surface area (Å²) in [6.45, 7) is 3.26. The van der Waals surface area contributed by atoms with Crippen molar-refractivity contribution < 1.29 is 4.79 Å². The van der Waals surface area contributed by atoms with Crippen molar-refractivity contribution in [2.75, 3.05) is 17.2 Å². The Morgan fingerprint density at radius 2 is 2.03 bits per heavy atom. The quantitative estimate of drug-likeness (QED) is 0.468. The van der Waals surface area contributed by atoms with Gasteiger partial charge in [0.15, 0.2) is 5.16 Å². The lowest BCUT2D eigenvalue weighted by molar-refractivity contribution is -0.116. The highest BCUT2D eigenvalue weighted by atomic mass is 32.2. The molecule has 1 aliphatic heterocycles. The molecule has 0 radical (unpaired) electrons. The molecule has 0 atom stereocenters. The molecule has 0 N–H and O–H groups in total. The van der Waals surface area contributed by atoms with Crippen molar-refractivity contribution in [3.63, 3.8) is 0 Å². The number of aromatic nitrogens is 2. The first kappa shape index (κ1) is 18.9. The van der Waals surface area contributed by atoms with Gasteiger partial charge in [0.25, 0.3) is 5.56 Å². The number of anilines is 1. The predicted octanol–water partition coefficient (Wildman–Crippen LogP) is 4.04. The predicted molar refractivity (Wildman–Crippen MR) is 119 cm³/mol. The van der Waals surface area contributed by atoms with Gasteiger partial charge in [-0.2, -0.15) is 0 Å². The van der Waals surface area contributed by atoms with Crippen molar-refractivity contribution in [3.05, 3.63) is 50.6 Å². The Kier molecular flexibility index (Phi) is 4.95. The van der Waals surface area contributed by atoms with Gasteiger partial charge in [-0.05, 0) is 56.2 Å². The van der Waals surface area contributed by atoms with Gasteiger partial charge in [0.2, 0.25) is 5.91 Å². The Morgan fingerprint density at radius 3 is 2.90 bits per heavy atom. The molecule has 1 aromatic carbocycles. The first-order valence-corrected chi connectivity index (χ1v) is 12.0. The molecule has 1 amide bonds. The summed E-state index contributed by atoms with van der Waals surface area (Å²) in [6, 6.07) is 8.08. The number of thioether (sulfide) groups is 1. The molecule has 0 spiro atoms. The minimum atomic E-state index is 0.0540. The minimum Gasteiger partial charge on any atom is -0.311 e. The fourth-order valence-electron chi connectivity index (χ4n) is 4.41. The van der Waals surface area contributed by atoms with Crippen molar-refractivity contribution in [3.8, 4) is 0 Å². The second-order valence-electron chi connectivity index (χ2n) is 7.55. The molecule has 0 bridgehead atoms. The van der Waals surface area contributed by atoms with Gasteiger partial charge in [0, 0.05) is 23.7 Å². The van der Waals surface area contributed by atoms with Crippen molar-refractivity contribution in [1.29, 1.82) is 0 Å². The SMILES string of the molecule is CCn1c(SCC(=O)N2CCc3ccccc32)nc2sc3c(c2c1=O)CCCC3. The van der Waals surface area contributed by atoms with Crippen LogP contribution in [0.15, 0.2) is 34.2 Å². The number of rotatable bonds is 4. The molecule has 3 aromatic rings. The number of hydrogen-bond donors (Lipinski definition) is 0. The van der Waals surface area contributed by atoms with Crippen LogP contribution in [-0.4, -0.2) is 27.8 Å². The molecule has 1 aliphatic carbocycles. The zero-order valence-electron chi connectivity index (χ0n) is 16.4. The van der Waals surface area contributed by atoms with Gasteiger partial charge in [-0.15, -0.1) is 11.3 Å². The summed E-state index contributed by atoms with van der Waals surface area (Å²) in [6.07, 6.45) is 5.27. The molecule has 2 aromatic heterocycles. The minimum absolute atomic E-state index is 0.0540. The van der Waals surface area contributed by atoms with E-state index in [1.165, 1.54) is 34.2 Å². The van der Waals surface area contributed by atoms with E-state index in [-0.39, 0.29) is 17.2 Å². The van der Waals surface area contributed by atoms with Gasteiger partial charge in [-0.3, -0.25) is 14.2 Å². The summed E-state index contributed by atoms with van der Waals surface area (Å²) in [7, 11) is 0. The Hall–Kier alpha value is -2.12. The summed E-state index contributed by atoms with van der Waals surface area (Å²) in [5, 5.41) is 1.47. The molecule has 150 valence electrons. The van der Waals surface area contributed by atoms with E-state index < -0.39 is 0 Å². The third-order valence-electron chi connectivity index (χ3n) is 5.87. The number of hydrogen-bond acceptors (Lipinski definition) is 5. The molecule has 5 nitrogen and oxygen atoms in total. The average Bonchev–Trinajstić information content (AvgIpc) is 3.33. The maximum absolute atomic E-state index is 13.2. The number of thiophene rings is 1. The van der Waals surface area contributed by atoms with E-state index in [0.717, 1.165) is 48.1 Å². The Bertz CT molecular complexity index is 1160. The second-order valence-corrected chi connectivity index (χ2v) is 9.57. The van der Waals surface area contributed by atoms with Crippen LogP contribution in [0.3, 0.4) is 0 Å². The Morgan fingerprint density at radius 1 is 1.21 bits per heavy atom. The zero-order valence-corrected chi connectivity index (χ0v) is 18.1. The van der Waals surface area contributed by atoms with Crippen molar-refractivity contribution >= 4 is 44.9 Å². The van der Waals surface area contributed by atoms with Gasteiger partial charge in [0.1, 0.15) is 4.83 Å². The number of nitrogens with zero attached hydrogens (tertiary/aromatic N) is 3. The van der Waals surface area contributed by atoms with Crippen molar-refractivity contribution in [2.24, 2.45) is 0 Å². The standard InChI is InChI=1S/C22H23N3O2S2/c1-2-24-21(27)19-15-8-4-6-10-17(15)29-20(19)23-22(24)28-13-18(26)25-12-11-14-7-3-5-9-16(14)25/h3,5,7,9H,2,4,6,8,10-13H2,1H3. The molecular formula is C22H23N3O2S2. The van der Waals surface area contributed by atoms with E-state index in [4.69, 9.17) is 4.98 Å². The van der Waals surface area contributed by atoms with E-state index in [1.54, 1.807) is 15.9 Å². The van der Waals surface area contributed by atoms with Crippen LogP contribution in [0.4, 0.5) is 5.69 Å². The second kappa shape index (κ2) is 7.61. The van der Waals surface area contributed by atoms with E-state index in [0.29, 0.717) is 11.7 Å². The van der Waals surface area contributed by atoms with E-state index in [9.17, 15) is 9.59 Å². The van der Waals surface area contributed by atoms with Crippen LogP contribution in [0.1, 0.15) is 35.8 Å². The molecule has 7 heteroatoms. The summed E-state index contributed by atoms with van der Waals surface area (Å²) in [5.41, 5.74) is 3.51. The van der Waals surface area contributed by atoms with Crippen LogP contribution in [0.5, 0.6) is 0 Å². The average molecular weight is 426 g/mol. The Labute approximate surface area is 177 Å². The molecule has 0 fully saturated rings. The number of para-hydroxylation sites is 1. The first-order chi connectivity index (χ1) is 14.2. The van der Waals surface area contributed by atoms with Gasteiger partial charge in [-0.1, -0.05) is 30.0 Å². The summed E-state index contributed by atoms with van der Waals surface area (Å²) < 4.78 is 1.74. The third-order valence-corrected chi connectivity index (χ3v) is 8.02. The highest BCUT2D eigenvalue weighted by Crippen LogP contribution is 2.35. The van der Waals surface area contributed by atoms with Gasteiger partial charge < -0.3 is 4.90 Å². The smallest absolute Gasteiger partial charge is 0.263 e. The molecule has 3 heterocycles. The van der Waals surface area contributed by atoms with Crippen LogP contribution >= 0.6 is 23.1 Å². The molecule has 2 aliphatic rings. The van der Waals surface area contributed by atoms with Crippen molar-refractivity contribution in [2.45, 2.75) is 50.7 Å². The molecule has 0 saturated heterocycles. The summed E-state index contributed by atoms with van der Waals surface area (Å²) in [5.74, 6) is 0.361. The monoisotopic (exact) mass is 425 g/mol. The topological polar surface area (TPSA) is 55.2 Å². The number of carbonyl (C=O) groups excluding carboxylic acids is 1. The number of amides is 1. The number of carbonyl (C=O) groups is 1. The normalized spacial score (nSPS) is 15.6. The van der Waals surface area contributed by atoms with Crippen LogP contribution in [0.2, 0.25) is 0 Å². The molecule has 0 unspecified atom stereocenters. The highest BCUT2D eigenvalue weighted by Gasteiger charge is 2.26. The summed E-state index contributed by atoms with van der Waals surface area (Å²) in [4.78, 5) is 34.9. The van der Waals surface area contributed by atoms with Crippen LogP contribution in [0.25, 0.3) is 10.2 Å². The number of benzene rings is 1. The van der Waals surface area contributed by atoms with Gasteiger partial charge in [-0.25, -0.2) is 4.98 Å². The largest absolute Gasteiger partial charge is 0.311 e. The first-order valence-electron chi connectivity index (χ1n) is 10.2. The zero-order chi connectivity index (χ0) is 20.0. The Balaban J connectivity index is 1.43. The highest BCUT2D eigenvalue weighted by molar-refractivity contribution is 7.99. The fourth-order valence-corrected chi connectivity index (χ4v) is 6.65. The van der Waals surface area contributed by atoms with E-state index in [1.807, 2.05) is 30.0 Å². The maximum atomic E-state index is 13.2. The van der Waals surface area contributed by atoms with Crippen LogP contribution < -0.4 is 10.5 Å². The number of fused-ring (bicyclic) bond motifs is 4.